The van der Waals surface area contributed by atoms with E-state index in [0.717, 1.165) is 31.2 Å². The maximum atomic E-state index is 9.62. The monoisotopic (exact) mass is 231 g/mol. The third kappa shape index (κ3) is 4.75. The van der Waals surface area contributed by atoms with E-state index < -0.39 is 0 Å². The van der Waals surface area contributed by atoms with Crippen LogP contribution in [0, 0.1) is 11.8 Å². The van der Waals surface area contributed by atoms with E-state index in [1.807, 2.05) is 0 Å². The molecule has 1 aliphatic rings. The molecule has 0 aromatic heterocycles. The average molecular weight is 231 g/mol. The van der Waals surface area contributed by atoms with E-state index in [4.69, 9.17) is 0 Å². The summed E-state index contributed by atoms with van der Waals surface area (Å²) >= 11 is 4.26. The van der Waals surface area contributed by atoms with Crippen LogP contribution < -0.4 is 0 Å². The highest BCUT2D eigenvalue weighted by molar-refractivity contribution is 7.80. The van der Waals surface area contributed by atoms with Gasteiger partial charge in [0.15, 0.2) is 0 Å². The number of rotatable bonds is 5. The van der Waals surface area contributed by atoms with Crippen LogP contribution in [0.3, 0.4) is 0 Å². The van der Waals surface area contributed by atoms with Gasteiger partial charge in [0, 0.05) is 13.1 Å². The van der Waals surface area contributed by atoms with Crippen molar-refractivity contribution in [3.05, 3.63) is 0 Å². The topological polar surface area (TPSA) is 23.5 Å². The van der Waals surface area contributed by atoms with Crippen LogP contribution in [0.1, 0.15) is 33.1 Å². The van der Waals surface area contributed by atoms with Crippen molar-refractivity contribution < 1.29 is 5.11 Å². The molecule has 0 bridgehead atoms. The van der Waals surface area contributed by atoms with E-state index in [1.165, 1.54) is 19.4 Å². The second-order valence-electron chi connectivity index (χ2n) is 5.04. The molecule has 90 valence electrons. The molecule has 1 saturated heterocycles. The Hall–Kier alpha value is 0.270. The molecule has 2 nitrogen and oxygen atoms in total. The van der Waals surface area contributed by atoms with E-state index in [0.29, 0.717) is 5.92 Å². The molecule has 15 heavy (non-hydrogen) atoms. The summed E-state index contributed by atoms with van der Waals surface area (Å²) in [7, 11) is 0. The molecule has 0 aliphatic carbocycles. The standard InChI is InChI=1S/C12H25NOS/c1-10(5-8-15)3-6-13-7-4-12(14)11(2)9-13/h10-12,14-15H,3-9H2,1-2H3. The molecule has 0 saturated carbocycles. The SMILES string of the molecule is CC(CCS)CCN1CCC(O)C(C)C1. The van der Waals surface area contributed by atoms with Gasteiger partial charge in [-0.3, -0.25) is 0 Å². The third-order valence-corrected chi connectivity index (χ3v) is 3.76. The summed E-state index contributed by atoms with van der Waals surface area (Å²) in [4.78, 5) is 2.49. The zero-order valence-electron chi connectivity index (χ0n) is 10.0. The van der Waals surface area contributed by atoms with Crippen molar-refractivity contribution in [1.82, 2.24) is 4.90 Å². The van der Waals surface area contributed by atoms with Gasteiger partial charge in [-0.25, -0.2) is 0 Å². The highest BCUT2D eigenvalue weighted by Crippen LogP contribution is 2.18. The van der Waals surface area contributed by atoms with Gasteiger partial charge < -0.3 is 10.0 Å². The molecule has 0 amide bonds. The number of thiol groups is 1. The van der Waals surface area contributed by atoms with Crippen LogP contribution in [0.5, 0.6) is 0 Å². The van der Waals surface area contributed by atoms with Crippen molar-refractivity contribution in [2.45, 2.75) is 39.2 Å². The van der Waals surface area contributed by atoms with Crippen molar-refractivity contribution in [2.75, 3.05) is 25.4 Å². The van der Waals surface area contributed by atoms with Crippen LogP contribution >= 0.6 is 12.6 Å². The quantitative estimate of drug-likeness (QED) is 0.707. The lowest BCUT2D eigenvalue weighted by molar-refractivity contribution is 0.0333. The lowest BCUT2D eigenvalue weighted by Crippen LogP contribution is -2.42. The van der Waals surface area contributed by atoms with Crippen molar-refractivity contribution in [1.29, 1.82) is 0 Å². The second kappa shape index (κ2) is 6.77. The van der Waals surface area contributed by atoms with E-state index in [-0.39, 0.29) is 6.10 Å². The first kappa shape index (κ1) is 13.3. The molecular formula is C12H25NOS. The van der Waals surface area contributed by atoms with E-state index >= 15 is 0 Å². The highest BCUT2D eigenvalue weighted by atomic mass is 32.1. The van der Waals surface area contributed by atoms with Crippen LogP contribution in [-0.4, -0.2) is 41.5 Å². The predicted molar refractivity (Wildman–Crippen MR) is 68.5 cm³/mol. The van der Waals surface area contributed by atoms with Gasteiger partial charge in [-0.15, -0.1) is 0 Å². The van der Waals surface area contributed by atoms with Gasteiger partial charge in [-0.05, 0) is 43.4 Å². The van der Waals surface area contributed by atoms with Crippen LogP contribution in [-0.2, 0) is 0 Å². The minimum atomic E-state index is -0.0730. The Labute approximate surface area is 99.5 Å². The van der Waals surface area contributed by atoms with Gasteiger partial charge in [0.25, 0.3) is 0 Å². The summed E-state index contributed by atoms with van der Waals surface area (Å²) in [6, 6.07) is 0. The fourth-order valence-electron chi connectivity index (χ4n) is 2.19. The maximum Gasteiger partial charge on any atom is 0.0590 e. The molecule has 0 radical (unpaired) electrons. The molecule has 3 unspecified atom stereocenters. The van der Waals surface area contributed by atoms with Gasteiger partial charge in [0.2, 0.25) is 0 Å². The largest absolute Gasteiger partial charge is 0.393 e. The Kier molecular flexibility index (Phi) is 6.02. The maximum absolute atomic E-state index is 9.62. The first-order valence-corrected chi connectivity index (χ1v) is 6.78. The molecule has 0 aromatic carbocycles. The molecule has 3 atom stereocenters. The molecule has 1 aliphatic heterocycles. The first-order chi connectivity index (χ1) is 7.13. The molecule has 1 rings (SSSR count). The number of aliphatic hydroxyl groups is 1. The molecule has 0 aromatic rings. The van der Waals surface area contributed by atoms with Gasteiger partial charge in [-0.2, -0.15) is 12.6 Å². The van der Waals surface area contributed by atoms with E-state index in [2.05, 4.69) is 31.4 Å². The molecule has 1 fully saturated rings. The van der Waals surface area contributed by atoms with Gasteiger partial charge >= 0.3 is 0 Å². The molecular weight excluding hydrogens is 206 g/mol. The predicted octanol–water partition coefficient (Wildman–Crippen LogP) is 2.04. The summed E-state index contributed by atoms with van der Waals surface area (Å²) in [5, 5.41) is 9.62. The van der Waals surface area contributed by atoms with Crippen LogP contribution in [0.4, 0.5) is 0 Å². The van der Waals surface area contributed by atoms with Crippen LogP contribution in [0.25, 0.3) is 0 Å². The van der Waals surface area contributed by atoms with E-state index in [9.17, 15) is 5.11 Å². The number of piperidine rings is 1. The van der Waals surface area contributed by atoms with Crippen molar-refractivity contribution >= 4 is 12.6 Å². The summed E-state index contributed by atoms with van der Waals surface area (Å²) in [5.41, 5.74) is 0. The minimum absolute atomic E-state index is 0.0730. The molecule has 0 spiro atoms. The Bertz CT molecular complexity index is 177. The zero-order valence-corrected chi connectivity index (χ0v) is 10.9. The van der Waals surface area contributed by atoms with Crippen molar-refractivity contribution in [3.8, 4) is 0 Å². The first-order valence-electron chi connectivity index (χ1n) is 6.14. The lowest BCUT2D eigenvalue weighted by Gasteiger charge is -2.34. The third-order valence-electron chi connectivity index (χ3n) is 3.50. The number of aliphatic hydroxyl groups excluding tert-OH is 1. The minimum Gasteiger partial charge on any atom is -0.393 e. The number of likely N-dealkylation sites (tertiary alicyclic amines) is 1. The molecule has 1 heterocycles. The summed E-state index contributed by atoms with van der Waals surface area (Å²) in [6.45, 7) is 7.77. The summed E-state index contributed by atoms with van der Waals surface area (Å²) in [5.74, 6) is 2.22. The fraction of sp³-hybridized carbons (Fsp3) is 1.00. The number of hydrogen-bond acceptors (Lipinski definition) is 3. The van der Waals surface area contributed by atoms with Gasteiger partial charge in [0.1, 0.15) is 0 Å². The number of hydrogen-bond donors (Lipinski definition) is 2. The summed E-state index contributed by atoms with van der Waals surface area (Å²) < 4.78 is 0. The van der Waals surface area contributed by atoms with E-state index in [1.54, 1.807) is 0 Å². The molecule has 1 N–H and O–H groups in total. The molecule has 3 heteroatoms. The van der Waals surface area contributed by atoms with Crippen LogP contribution in [0.15, 0.2) is 0 Å². The Morgan fingerprint density at radius 3 is 2.80 bits per heavy atom. The normalized spacial score (nSPS) is 30.4. The Balaban J connectivity index is 2.16. The number of nitrogens with zero attached hydrogens (tertiary/aromatic N) is 1. The zero-order chi connectivity index (χ0) is 11.3. The Morgan fingerprint density at radius 1 is 1.47 bits per heavy atom. The second-order valence-corrected chi connectivity index (χ2v) is 5.49. The smallest absolute Gasteiger partial charge is 0.0590 e. The Morgan fingerprint density at radius 2 is 2.20 bits per heavy atom. The van der Waals surface area contributed by atoms with Crippen molar-refractivity contribution in [2.24, 2.45) is 11.8 Å². The van der Waals surface area contributed by atoms with Gasteiger partial charge in [-0.1, -0.05) is 13.8 Å². The fourth-order valence-corrected chi connectivity index (χ4v) is 2.63. The summed E-state index contributed by atoms with van der Waals surface area (Å²) in [6.07, 6.45) is 3.36. The van der Waals surface area contributed by atoms with Gasteiger partial charge in [0.05, 0.1) is 6.10 Å². The average Bonchev–Trinajstić information content (AvgIpc) is 2.20. The highest BCUT2D eigenvalue weighted by Gasteiger charge is 2.23. The van der Waals surface area contributed by atoms with Crippen molar-refractivity contribution in [3.63, 3.8) is 0 Å². The van der Waals surface area contributed by atoms with Crippen LogP contribution in [0.2, 0.25) is 0 Å². The lowest BCUT2D eigenvalue weighted by atomic mass is 9.96.